The predicted octanol–water partition coefficient (Wildman–Crippen LogP) is -0.164. The van der Waals surface area contributed by atoms with Gasteiger partial charge in [-0.05, 0) is 0 Å². The fourth-order valence-corrected chi connectivity index (χ4v) is 1.15. The Morgan fingerprint density at radius 3 is 3.00 bits per heavy atom. The van der Waals surface area contributed by atoms with Crippen molar-refractivity contribution in [3.05, 3.63) is 5.01 Å². The number of nitrogen functional groups attached to an aromatic ring is 1. The van der Waals surface area contributed by atoms with Gasteiger partial charge >= 0.3 is 0 Å². The summed E-state index contributed by atoms with van der Waals surface area (Å²) >= 11 is 1.30. The number of rotatable bonds is 4. The molecule has 0 atom stereocenters. The third-order valence-electron chi connectivity index (χ3n) is 0.984. The highest BCUT2D eigenvalue weighted by Crippen LogP contribution is 2.10. The Bertz CT molecular complexity index is 237. The maximum Gasteiger partial charge on any atom is 0.293 e. The summed E-state index contributed by atoms with van der Waals surface area (Å²) in [4.78, 5) is 9.72. The maximum atomic E-state index is 9.72. The maximum absolute atomic E-state index is 9.72. The Balaban J connectivity index is 2.32. The highest BCUT2D eigenvalue weighted by molar-refractivity contribution is 7.15. The molecule has 6 heteroatoms. The molecule has 60 valence electrons. The first-order valence-electron chi connectivity index (χ1n) is 2.96. The lowest BCUT2D eigenvalue weighted by molar-refractivity contribution is -0.128. The zero-order chi connectivity index (χ0) is 8.10. The van der Waals surface area contributed by atoms with Crippen molar-refractivity contribution in [2.24, 2.45) is 0 Å². The van der Waals surface area contributed by atoms with Crippen LogP contribution in [0.2, 0.25) is 0 Å². The van der Waals surface area contributed by atoms with Crippen LogP contribution in [0.15, 0.2) is 0 Å². The second-order valence-corrected chi connectivity index (χ2v) is 2.84. The molecule has 0 unspecified atom stereocenters. The van der Waals surface area contributed by atoms with Gasteiger partial charge in [0.1, 0.15) is 5.01 Å². The molecule has 0 aliphatic rings. The molecule has 1 aromatic heterocycles. The molecule has 11 heavy (non-hydrogen) atoms. The Labute approximate surface area is 67.2 Å². The number of nitrogens with zero attached hydrogens (tertiary/aromatic N) is 2. The van der Waals surface area contributed by atoms with Gasteiger partial charge < -0.3 is 10.5 Å². The lowest BCUT2D eigenvalue weighted by atomic mass is 10.5. The summed E-state index contributed by atoms with van der Waals surface area (Å²) in [5, 5.41) is 8.55. The molecule has 0 radical (unpaired) electrons. The first-order chi connectivity index (χ1) is 5.33. The van der Waals surface area contributed by atoms with Crippen LogP contribution in [0.3, 0.4) is 0 Å². The summed E-state index contributed by atoms with van der Waals surface area (Å²) < 4.78 is 4.46. The Kier molecular flexibility index (Phi) is 2.79. The molecule has 0 aliphatic heterocycles. The van der Waals surface area contributed by atoms with E-state index in [0.717, 1.165) is 5.01 Å². The van der Waals surface area contributed by atoms with Crippen molar-refractivity contribution in [2.45, 2.75) is 6.42 Å². The average Bonchev–Trinajstić information content (AvgIpc) is 2.37. The minimum absolute atomic E-state index is 0.331. The van der Waals surface area contributed by atoms with Gasteiger partial charge in [0.25, 0.3) is 6.47 Å². The number of anilines is 1. The SMILES string of the molecule is Nc1nnc(CCOC=O)s1. The van der Waals surface area contributed by atoms with Crippen LogP contribution in [0, 0.1) is 0 Å². The van der Waals surface area contributed by atoms with Gasteiger partial charge in [0, 0.05) is 6.42 Å². The minimum atomic E-state index is 0.331. The molecule has 2 N–H and O–H groups in total. The lowest BCUT2D eigenvalue weighted by Crippen LogP contribution is -1.95. The molecular weight excluding hydrogens is 166 g/mol. The number of ether oxygens (including phenoxy) is 1. The summed E-state index contributed by atoms with van der Waals surface area (Å²) in [5.74, 6) is 0. The van der Waals surface area contributed by atoms with Gasteiger partial charge in [-0.1, -0.05) is 11.3 Å². The first-order valence-corrected chi connectivity index (χ1v) is 3.77. The van der Waals surface area contributed by atoms with Gasteiger partial charge in [0.2, 0.25) is 5.13 Å². The van der Waals surface area contributed by atoms with Gasteiger partial charge in [-0.3, -0.25) is 4.79 Å². The van der Waals surface area contributed by atoms with Crippen LogP contribution in [-0.2, 0) is 16.0 Å². The highest BCUT2D eigenvalue weighted by Gasteiger charge is 1.99. The van der Waals surface area contributed by atoms with E-state index in [-0.39, 0.29) is 0 Å². The number of carbonyl (C=O) groups excluding carboxylic acids is 1. The van der Waals surface area contributed by atoms with E-state index in [9.17, 15) is 4.79 Å². The van der Waals surface area contributed by atoms with E-state index in [1.165, 1.54) is 11.3 Å². The molecule has 5 nitrogen and oxygen atoms in total. The van der Waals surface area contributed by atoms with E-state index in [2.05, 4.69) is 14.9 Å². The van der Waals surface area contributed by atoms with Crippen LogP contribution in [-0.4, -0.2) is 23.3 Å². The number of nitrogens with two attached hydrogens (primary N) is 1. The second-order valence-electron chi connectivity index (χ2n) is 1.75. The Morgan fingerprint density at radius 2 is 2.45 bits per heavy atom. The van der Waals surface area contributed by atoms with Crippen molar-refractivity contribution in [2.75, 3.05) is 12.3 Å². The molecule has 1 heterocycles. The minimum Gasteiger partial charge on any atom is -0.467 e. The topological polar surface area (TPSA) is 78.1 Å². The summed E-state index contributed by atoms with van der Waals surface area (Å²) in [6, 6.07) is 0. The Hall–Kier alpha value is -1.17. The van der Waals surface area contributed by atoms with Crippen LogP contribution in [0.4, 0.5) is 5.13 Å². The van der Waals surface area contributed by atoms with Crippen molar-refractivity contribution >= 4 is 22.9 Å². The van der Waals surface area contributed by atoms with Crippen LogP contribution < -0.4 is 5.73 Å². The summed E-state index contributed by atoms with van der Waals surface area (Å²) in [7, 11) is 0. The summed E-state index contributed by atoms with van der Waals surface area (Å²) in [5.41, 5.74) is 5.32. The van der Waals surface area contributed by atoms with Gasteiger partial charge in [-0.15, -0.1) is 10.2 Å². The molecular formula is C5H7N3O2S. The van der Waals surface area contributed by atoms with Gasteiger partial charge in [0.05, 0.1) is 6.61 Å². The summed E-state index contributed by atoms with van der Waals surface area (Å²) in [6.07, 6.45) is 0.577. The van der Waals surface area contributed by atoms with Crippen molar-refractivity contribution in [3.8, 4) is 0 Å². The van der Waals surface area contributed by atoms with E-state index in [0.29, 0.717) is 24.6 Å². The normalized spacial score (nSPS) is 9.45. The molecule has 0 saturated carbocycles. The number of carbonyl (C=O) groups is 1. The monoisotopic (exact) mass is 173 g/mol. The molecule has 0 amide bonds. The zero-order valence-corrected chi connectivity index (χ0v) is 6.50. The van der Waals surface area contributed by atoms with Crippen molar-refractivity contribution in [1.29, 1.82) is 0 Å². The van der Waals surface area contributed by atoms with Gasteiger partial charge in [-0.25, -0.2) is 0 Å². The van der Waals surface area contributed by atoms with Crippen molar-refractivity contribution in [1.82, 2.24) is 10.2 Å². The lowest BCUT2D eigenvalue weighted by Gasteiger charge is -1.91. The molecule has 0 aromatic carbocycles. The molecule has 0 bridgehead atoms. The van der Waals surface area contributed by atoms with Gasteiger partial charge in [0.15, 0.2) is 0 Å². The third-order valence-corrected chi connectivity index (χ3v) is 1.80. The first kappa shape index (κ1) is 7.93. The third kappa shape index (κ3) is 2.50. The summed E-state index contributed by atoms with van der Waals surface area (Å²) in [6.45, 7) is 0.739. The fraction of sp³-hybridized carbons (Fsp3) is 0.400. The van der Waals surface area contributed by atoms with Crippen molar-refractivity contribution in [3.63, 3.8) is 0 Å². The molecule has 0 aliphatic carbocycles. The number of hydrogen-bond donors (Lipinski definition) is 1. The molecule has 1 aromatic rings. The Morgan fingerprint density at radius 1 is 1.64 bits per heavy atom. The van der Waals surface area contributed by atoms with E-state index < -0.39 is 0 Å². The van der Waals surface area contributed by atoms with E-state index in [4.69, 9.17) is 5.73 Å². The smallest absolute Gasteiger partial charge is 0.293 e. The van der Waals surface area contributed by atoms with Crippen LogP contribution in [0.25, 0.3) is 0 Å². The zero-order valence-electron chi connectivity index (χ0n) is 5.69. The molecule has 0 saturated heterocycles. The van der Waals surface area contributed by atoms with Crippen LogP contribution in [0.1, 0.15) is 5.01 Å². The predicted molar refractivity (Wildman–Crippen MR) is 40.0 cm³/mol. The van der Waals surface area contributed by atoms with E-state index >= 15 is 0 Å². The highest BCUT2D eigenvalue weighted by atomic mass is 32.1. The molecule has 0 spiro atoms. The number of aromatic nitrogens is 2. The molecule has 1 rings (SSSR count). The van der Waals surface area contributed by atoms with Crippen molar-refractivity contribution < 1.29 is 9.53 Å². The van der Waals surface area contributed by atoms with Gasteiger partial charge in [-0.2, -0.15) is 0 Å². The second kappa shape index (κ2) is 3.87. The van der Waals surface area contributed by atoms with Crippen LogP contribution >= 0.6 is 11.3 Å². The quantitative estimate of drug-likeness (QED) is 0.505. The average molecular weight is 173 g/mol. The molecule has 0 fully saturated rings. The van der Waals surface area contributed by atoms with Crippen LogP contribution in [0.5, 0.6) is 0 Å². The number of hydrogen-bond acceptors (Lipinski definition) is 6. The van der Waals surface area contributed by atoms with E-state index in [1.54, 1.807) is 0 Å². The standard InChI is InChI=1S/C5H7N3O2S/c6-5-8-7-4(11-5)1-2-10-3-9/h3H,1-2H2,(H2,6,8). The fourth-order valence-electron chi connectivity index (χ4n) is 0.562. The largest absolute Gasteiger partial charge is 0.467 e. The van der Waals surface area contributed by atoms with E-state index in [1.807, 2.05) is 0 Å².